The molecular weight excluding hydrogens is 266 g/mol. The van der Waals surface area contributed by atoms with Crippen molar-refractivity contribution >= 4 is 15.8 Å². The van der Waals surface area contributed by atoms with E-state index in [0.717, 1.165) is 38.6 Å². The first-order valence-electron chi connectivity index (χ1n) is 6.66. The first-order chi connectivity index (χ1) is 8.96. The van der Waals surface area contributed by atoms with E-state index in [-0.39, 0.29) is 5.75 Å². The Morgan fingerprint density at radius 2 is 2.26 bits per heavy atom. The summed E-state index contributed by atoms with van der Waals surface area (Å²) in [6, 6.07) is 0. The van der Waals surface area contributed by atoms with Crippen molar-refractivity contribution in [1.82, 2.24) is 10.2 Å². The fraction of sp³-hybridized carbons (Fsp3) is 0.917. The predicted octanol–water partition coefficient (Wildman–Crippen LogP) is -0.0352. The van der Waals surface area contributed by atoms with E-state index >= 15 is 0 Å². The molecule has 0 aromatic carbocycles. The molecule has 0 radical (unpaired) electrons. The first-order valence-corrected chi connectivity index (χ1v) is 8.72. The summed E-state index contributed by atoms with van der Waals surface area (Å²) in [6.45, 7) is 5.72. The van der Waals surface area contributed by atoms with Gasteiger partial charge in [-0.25, -0.2) is 8.42 Å². The maximum Gasteiger partial charge on any atom is 0.193 e. The maximum atomic E-state index is 11.1. The summed E-state index contributed by atoms with van der Waals surface area (Å²) in [6.07, 6.45) is 2.32. The highest BCUT2D eigenvalue weighted by atomic mass is 32.2. The average molecular weight is 291 g/mol. The van der Waals surface area contributed by atoms with E-state index in [1.807, 2.05) is 6.92 Å². The SMILES string of the molecule is CCNC(=NCCS(C)(=O)=O)N1CCC(COC)C1. The number of rotatable bonds is 6. The molecule has 0 saturated carbocycles. The Bertz CT molecular complexity index is 395. The van der Waals surface area contributed by atoms with Crippen LogP contribution in [-0.4, -0.2) is 71.2 Å². The Morgan fingerprint density at radius 1 is 1.53 bits per heavy atom. The molecule has 1 saturated heterocycles. The van der Waals surface area contributed by atoms with Crippen molar-refractivity contribution in [3.8, 4) is 0 Å². The van der Waals surface area contributed by atoms with Gasteiger partial charge >= 0.3 is 0 Å². The van der Waals surface area contributed by atoms with Crippen molar-refractivity contribution in [1.29, 1.82) is 0 Å². The molecule has 1 unspecified atom stereocenters. The van der Waals surface area contributed by atoms with Gasteiger partial charge in [0.05, 0.1) is 18.9 Å². The third-order valence-electron chi connectivity index (χ3n) is 3.05. The van der Waals surface area contributed by atoms with E-state index in [4.69, 9.17) is 4.74 Å². The van der Waals surface area contributed by atoms with Crippen LogP contribution in [0.1, 0.15) is 13.3 Å². The highest BCUT2D eigenvalue weighted by molar-refractivity contribution is 7.90. The molecule has 0 aromatic rings. The Hall–Kier alpha value is -0.820. The molecule has 1 fully saturated rings. The molecule has 0 aromatic heterocycles. The average Bonchev–Trinajstić information content (AvgIpc) is 2.75. The second kappa shape index (κ2) is 7.69. The zero-order valence-electron chi connectivity index (χ0n) is 12.1. The Balaban J connectivity index is 2.55. The molecule has 1 N–H and O–H groups in total. The first kappa shape index (κ1) is 16.2. The van der Waals surface area contributed by atoms with Crippen LogP contribution in [0.5, 0.6) is 0 Å². The molecule has 112 valence electrons. The Morgan fingerprint density at radius 3 is 2.84 bits per heavy atom. The second-order valence-electron chi connectivity index (χ2n) is 4.92. The van der Waals surface area contributed by atoms with E-state index in [9.17, 15) is 8.42 Å². The molecule has 0 amide bonds. The van der Waals surface area contributed by atoms with Crippen molar-refractivity contribution in [2.45, 2.75) is 13.3 Å². The number of sulfone groups is 1. The molecule has 7 heteroatoms. The van der Waals surface area contributed by atoms with Crippen LogP contribution in [0.3, 0.4) is 0 Å². The van der Waals surface area contributed by atoms with Gasteiger partial charge in [0.25, 0.3) is 0 Å². The molecule has 0 bridgehead atoms. The molecule has 1 aliphatic heterocycles. The maximum absolute atomic E-state index is 11.1. The van der Waals surface area contributed by atoms with Crippen molar-refractivity contribution in [2.75, 3.05) is 51.9 Å². The fourth-order valence-corrected chi connectivity index (χ4v) is 2.56. The monoisotopic (exact) mass is 291 g/mol. The van der Waals surface area contributed by atoms with Crippen molar-refractivity contribution in [2.24, 2.45) is 10.9 Å². The highest BCUT2D eigenvalue weighted by Gasteiger charge is 2.24. The van der Waals surface area contributed by atoms with E-state index in [0.29, 0.717) is 12.5 Å². The second-order valence-corrected chi connectivity index (χ2v) is 7.18. The number of aliphatic imine (C=N–C) groups is 1. The lowest BCUT2D eigenvalue weighted by atomic mass is 10.1. The van der Waals surface area contributed by atoms with Crippen LogP contribution < -0.4 is 5.32 Å². The van der Waals surface area contributed by atoms with Gasteiger partial charge < -0.3 is 15.0 Å². The zero-order valence-corrected chi connectivity index (χ0v) is 12.9. The molecule has 1 aliphatic rings. The van der Waals surface area contributed by atoms with Gasteiger partial charge in [-0.15, -0.1) is 0 Å². The van der Waals surface area contributed by atoms with Gasteiger partial charge in [0.1, 0.15) is 9.84 Å². The molecule has 6 nitrogen and oxygen atoms in total. The quantitative estimate of drug-likeness (QED) is 0.549. The summed E-state index contributed by atoms with van der Waals surface area (Å²) in [5.74, 6) is 1.44. The zero-order chi connectivity index (χ0) is 14.3. The number of likely N-dealkylation sites (tertiary alicyclic amines) is 1. The van der Waals surface area contributed by atoms with Crippen LogP contribution >= 0.6 is 0 Å². The lowest BCUT2D eigenvalue weighted by molar-refractivity contribution is 0.157. The van der Waals surface area contributed by atoms with Gasteiger partial charge in [0, 0.05) is 38.9 Å². The van der Waals surface area contributed by atoms with Gasteiger partial charge in [0.2, 0.25) is 0 Å². The number of nitrogens with one attached hydrogen (secondary N) is 1. The van der Waals surface area contributed by atoms with Gasteiger partial charge in [0.15, 0.2) is 5.96 Å². The van der Waals surface area contributed by atoms with Crippen LogP contribution in [0.15, 0.2) is 4.99 Å². The van der Waals surface area contributed by atoms with Crippen molar-refractivity contribution < 1.29 is 13.2 Å². The van der Waals surface area contributed by atoms with E-state index in [1.54, 1.807) is 7.11 Å². The minimum absolute atomic E-state index is 0.0945. The van der Waals surface area contributed by atoms with Crippen LogP contribution in [-0.2, 0) is 14.6 Å². The highest BCUT2D eigenvalue weighted by Crippen LogP contribution is 2.16. The molecule has 1 atom stereocenters. The van der Waals surface area contributed by atoms with Gasteiger partial charge in [-0.1, -0.05) is 0 Å². The minimum Gasteiger partial charge on any atom is -0.384 e. The Labute approximate surface area is 116 Å². The normalized spacial score (nSPS) is 20.9. The van der Waals surface area contributed by atoms with Crippen molar-refractivity contribution in [3.05, 3.63) is 0 Å². The van der Waals surface area contributed by atoms with E-state index in [2.05, 4.69) is 15.2 Å². The Kier molecular flexibility index (Phi) is 6.57. The summed E-state index contributed by atoms with van der Waals surface area (Å²) < 4.78 is 27.4. The summed E-state index contributed by atoms with van der Waals surface area (Å²) in [5, 5.41) is 3.21. The number of methoxy groups -OCH3 is 1. The lowest BCUT2D eigenvalue weighted by Crippen LogP contribution is -2.40. The van der Waals surface area contributed by atoms with Crippen LogP contribution in [0.25, 0.3) is 0 Å². The number of ether oxygens (including phenoxy) is 1. The van der Waals surface area contributed by atoms with E-state index in [1.165, 1.54) is 6.26 Å². The summed E-state index contributed by atoms with van der Waals surface area (Å²) >= 11 is 0. The molecular formula is C12H25N3O3S. The number of hydrogen-bond acceptors (Lipinski definition) is 4. The fourth-order valence-electron chi connectivity index (χ4n) is 2.14. The molecule has 1 heterocycles. The number of nitrogens with zero attached hydrogens (tertiary/aromatic N) is 2. The summed E-state index contributed by atoms with van der Waals surface area (Å²) in [4.78, 5) is 6.56. The molecule has 0 aliphatic carbocycles. The minimum atomic E-state index is -2.95. The summed E-state index contributed by atoms with van der Waals surface area (Å²) in [5.41, 5.74) is 0. The summed E-state index contributed by atoms with van der Waals surface area (Å²) in [7, 11) is -1.23. The van der Waals surface area contributed by atoms with Crippen LogP contribution in [0.4, 0.5) is 0 Å². The number of hydrogen-bond donors (Lipinski definition) is 1. The topological polar surface area (TPSA) is 71.0 Å². The standard InChI is InChI=1S/C12H25N3O3S/c1-4-13-12(14-6-8-19(3,16)17)15-7-5-11(9-15)10-18-2/h11H,4-10H2,1-3H3,(H,13,14). The molecule has 19 heavy (non-hydrogen) atoms. The van der Waals surface area contributed by atoms with Gasteiger partial charge in [-0.2, -0.15) is 0 Å². The van der Waals surface area contributed by atoms with Gasteiger partial charge in [-0.3, -0.25) is 4.99 Å². The van der Waals surface area contributed by atoms with Crippen LogP contribution in [0.2, 0.25) is 0 Å². The molecule has 0 spiro atoms. The predicted molar refractivity (Wildman–Crippen MR) is 77.2 cm³/mol. The van der Waals surface area contributed by atoms with Crippen LogP contribution in [0, 0.1) is 5.92 Å². The molecule has 1 rings (SSSR count). The third-order valence-corrected chi connectivity index (χ3v) is 3.97. The van der Waals surface area contributed by atoms with E-state index < -0.39 is 9.84 Å². The van der Waals surface area contributed by atoms with Gasteiger partial charge in [-0.05, 0) is 13.3 Å². The van der Waals surface area contributed by atoms with Crippen molar-refractivity contribution in [3.63, 3.8) is 0 Å². The largest absolute Gasteiger partial charge is 0.384 e. The smallest absolute Gasteiger partial charge is 0.193 e. The lowest BCUT2D eigenvalue weighted by Gasteiger charge is -2.21. The third kappa shape index (κ3) is 6.24. The number of guanidine groups is 1.